The lowest BCUT2D eigenvalue weighted by Crippen LogP contribution is -2.37. The fraction of sp³-hybridized carbons (Fsp3) is 0.368. The number of carbonyl (C=O) groups is 2. The number of rotatable bonds is 4. The molecule has 1 aliphatic heterocycles. The van der Waals surface area contributed by atoms with Crippen LogP contribution in [0, 0.1) is 0 Å². The van der Waals surface area contributed by atoms with Crippen LogP contribution in [-0.2, 0) is 0 Å². The smallest absolute Gasteiger partial charge is 0.289 e. The molecular formula is C19H22N2O5. The fourth-order valence-electron chi connectivity index (χ4n) is 3.03. The summed E-state index contributed by atoms with van der Waals surface area (Å²) in [5, 5.41) is 0. The Bertz CT molecular complexity index is 772. The third-order valence-electron chi connectivity index (χ3n) is 4.44. The van der Waals surface area contributed by atoms with Crippen molar-refractivity contribution in [1.29, 1.82) is 0 Å². The fourth-order valence-corrected chi connectivity index (χ4v) is 3.03. The van der Waals surface area contributed by atoms with E-state index >= 15 is 0 Å². The Kier molecular flexibility index (Phi) is 5.46. The van der Waals surface area contributed by atoms with E-state index in [9.17, 15) is 9.59 Å². The molecule has 26 heavy (non-hydrogen) atoms. The second-order valence-electron chi connectivity index (χ2n) is 5.98. The van der Waals surface area contributed by atoms with Crippen LogP contribution in [0.2, 0.25) is 0 Å². The Morgan fingerprint density at radius 2 is 1.69 bits per heavy atom. The molecule has 1 aliphatic rings. The summed E-state index contributed by atoms with van der Waals surface area (Å²) in [4.78, 5) is 28.9. The van der Waals surface area contributed by atoms with Gasteiger partial charge in [0.1, 0.15) is 11.5 Å². The van der Waals surface area contributed by atoms with Crippen LogP contribution in [0.3, 0.4) is 0 Å². The maximum Gasteiger partial charge on any atom is 0.289 e. The minimum Gasteiger partial charge on any atom is -0.497 e. The standard InChI is InChI=1S/C19H22N2O5/c1-24-14-6-7-16(25-2)15(13-14)18(22)20-8-4-9-21(11-10-20)19(23)17-5-3-12-26-17/h3,5-7,12-13H,4,8-11H2,1-2H3. The van der Waals surface area contributed by atoms with Gasteiger partial charge in [-0.05, 0) is 36.8 Å². The molecule has 0 atom stereocenters. The van der Waals surface area contributed by atoms with Gasteiger partial charge >= 0.3 is 0 Å². The predicted molar refractivity (Wildman–Crippen MR) is 94.7 cm³/mol. The molecular weight excluding hydrogens is 336 g/mol. The first kappa shape index (κ1) is 17.8. The summed E-state index contributed by atoms with van der Waals surface area (Å²) >= 11 is 0. The van der Waals surface area contributed by atoms with Crippen LogP contribution in [0.5, 0.6) is 11.5 Å². The molecule has 138 valence electrons. The average molecular weight is 358 g/mol. The highest BCUT2D eigenvalue weighted by molar-refractivity contribution is 5.97. The van der Waals surface area contributed by atoms with Gasteiger partial charge in [-0.3, -0.25) is 9.59 Å². The third-order valence-corrected chi connectivity index (χ3v) is 4.44. The first-order valence-electron chi connectivity index (χ1n) is 8.48. The molecule has 7 heteroatoms. The topological polar surface area (TPSA) is 72.2 Å². The summed E-state index contributed by atoms with van der Waals surface area (Å²) in [6, 6.07) is 8.49. The minimum atomic E-state index is -0.150. The molecule has 0 spiro atoms. The summed E-state index contributed by atoms with van der Waals surface area (Å²) in [5.74, 6) is 1.14. The third kappa shape index (κ3) is 3.66. The van der Waals surface area contributed by atoms with E-state index in [2.05, 4.69) is 0 Å². The van der Waals surface area contributed by atoms with Crippen molar-refractivity contribution >= 4 is 11.8 Å². The monoisotopic (exact) mass is 358 g/mol. The molecule has 1 aromatic carbocycles. The summed E-state index contributed by atoms with van der Waals surface area (Å²) in [6.07, 6.45) is 2.18. The van der Waals surface area contributed by atoms with Crippen molar-refractivity contribution in [2.24, 2.45) is 0 Å². The Morgan fingerprint density at radius 3 is 2.31 bits per heavy atom. The number of hydrogen-bond acceptors (Lipinski definition) is 5. The van der Waals surface area contributed by atoms with Gasteiger partial charge in [-0.2, -0.15) is 0 Å². The van der Waals surface area contributed by atoms with Crippen molar-refractivity contribution in [1.82, 2.24) is 9.80 Å². The van der Waals surface area contributed by atoms with Crippen molar-refractivity contribution in [3.63, 3.8) is 0 Å². The molecule has 0 unspecified atom stereocenters. The molecule has 0 N–H and O–H groups in total. The molecule has 0 bridgehead atoms. The van der Waals surface area contributed by atoms with E-state index in [0.717, 1.165) is 0 Å². The maximum atomic E-state index is 13.0. The maximum absolute atomic E-state index is 13.0. The first-order chi connectivity index (χ1) is 12.6. The molecule has 3 rings (SSSR count). The van der Waals surface area contributed by atoms with Crippen LogP contribution in [0.25, 0.3) is 0 Å². The number of nitrogens with zero attached hydrogens (tertiary/aromatic N) is 2. The number of ether oxygens (including phenoxy) is 2. The largest absolute Gasteiger partial charge is 0.497 e. The summed E-state index contributed by atoms with van der Waals surface area (Å²) < 4.78 is 15.7. The lowest BCUT2D eigenvalue weighted by molar-refractivity contribution is 0.0699. The average Bonchev–Trinajstić information content (AvgIpc) is 3.11. The zero-order valence-electron chi connectivity index (χ0n) is 14.9. The van der Waals surface area contributed by atoms with Gasteiger partial charge in [0, 0.05) is 26.2 Å². The number of carbonyl (C=O) groups excluding carboxylic acids is 2. The lowest BCUT2D eigenvalue weighted by atomic mass is 10.1. The van der Waals surface area contributed by atoms with Gasteiger partial charge in [0.05, 0.1) is 26.0 Å². The number of furan rings is 1. The highest BCUT2D eigenvalue weighted by atomic mass is 16.5. The summed E-state index contributed by atoms with van der Waals surface area (Å²) in [6.45, 7) is 2.06. The normalized spacial score (nSPS) is 14.7. The summed E-state index contributed by atoms with van der Waals surface area (Å²) in [5.41, 5.74) is 0.456. The first-order valence-corrected chi connectivity index (χ1v) is 8.48. The molecule has 1 saturated heterocycles. The van der Waals surface area contributed by atoms with Gasteiger partial charge in [-0.25, -0.2) is 0 Å². The molecule has 2 heterocycles. The van der Waals surface area contributed by atoms with Crippen molar-refractivity contribution in [2.45, 2.75) is 6.42 Å². The van der Waals surface area contributed by atoms with Crippen LogP contribution in [0.4, 0.5) is 0 Å². The number of benzene rings is 1. The molecule has 0 radical (unpaired) electrons. The van der Waals surface area contributed by atoms with Crippen molar-refractivity contribution in [2.75, 3.05) is 40.4 Å². The van der Waals surface area contributed by atoms with E-state index in [4.69, 9.17) is 13.9 Å². The molecule has 0 saturated carbocycles. The van der Waals surface area contributed by atoms with Crippen molar-refractivity contribution in [3.05, 3.63) is 47.9 Å². The Balaban J connectivity index is 1.73. The number of methoxy groups -OCH3 is 2. The lowest BCUT2D eigenvalue weighted by Gasteiger charge is -2.22. The van der Waals surface area contributed by atoms with Gasteiger partial charge in [0.15, 0.2) is 5.76 Å². The van der Waals surface area contributed by atoms with E-state index in [1.165, 1.54) is 13.4 Å². The molecule has 7 nitrogen and oxygen atoms in total. The van der Waals surface area contributed by atoms with E-state index < -0.39 is 0 Å². The molecule has 1 aromatic heterocycles. The molecule has 2 aromatic rings. The predicted octanol–water partition coefficient (Wildman–Crippen LogP) is 2.29. The van der Waals surface area contributed by atoms with Crippen molar-refractivity contribution < 1.29 is 23.5 Å². The van der Waals surface area contributed by atoms with E-state index in [-0.39, 0.29) is 11.8 Å². The Hall–Kier alpha value is -2.96. The molecule has 2 amide bonds. The van der Waals surface area contributed by atoms with Gasteiger partial charge in [0.2, 0.25) is 0 Å². The minimum absolute atomic E-state index is 0.131. The quantitative estimate of drug-likeness (QED) is 0.838. The Morgan fingerprint density at radius 1 is 0.962 bits per heavy atom. The van der Waals surface area contributed by atoms with Crippen LogP contribution < -0.4 is 9.47 Å². The van der Waals surface area contributed by atoms with E-state index in [1.807, 2.05) is 0 Å². The van der Waals surface area contributed by atoms with E-state index in [1.54, 1.807) is 47.2 Å². The Labute approximate surface area is 152 Å². The van der Waals surface area contributed by atoms with Gasteiger partial charge in [0.25, 0.3) is 11.8 Å². The zero-order valence-corrected chi connectivity index (χ0v) is 14.9. The second kappa shape index (κ2) is 7.95. The SMILES string of the molecule is COc1ccc(OC)c(C(=O)N2CCCN(C(=O)c3ccco3)CC2)c1. The summed E-state index contributed by atoms with van der Waals surface area (Å²) in [7, 11) is 3.09. The van der Waals surface area contributed by atoms with Crippen LogP contribution >= 0.6 is 0 Å². The number of hydrogen-bond donors (Lipinski definition) is 0. The van der Waals surface area contributed by atoms with Gasteiger partial charge in [-0.15, -0.1) is 0 Å². The van der Waals surface area contributed by atoms with Crippen LogP contribution in [0.15, 0.2) is 41.0 Å². The van der Waals surface area contributed by atoms with Gasteiger partial charge < -0.3 is 23.7 Å². The van der Waals surface area contributed by atoms with Crippen LogP contribution in [0.1, 0.15) is 27.3 Å². The molecule has 1 fully saturated rings. The van der Waals surface area contributed by atoms with Crippen molar-refractivity contribution in [3.8, 4) is 11.5 Å². The highest BCUT2D eigenvalue weighted by Gasteiger charge is 2.26. The molecule has 0 aliphatic carbocycles. The van der Waals surface area contributed by atoms with E-state index in [0.29, 0.717) is 55.4 Å². The van der Waals surface area contributed by atoms with Gasteiger partial charge in [-0.1, -0.05) is 0 Å². The zero-order chi connectivity index (χ0) is 18.5. The highest BCUT2D eigenvalue weighted by Crippen LogP contribution is 2.25. The number of amides is 2. The van der Waals surface area contributed by atoms with Crippen LogP contribution in [-0.4, -0.2) is 62.0 Å². The second-order valence-corrected chi connectivity index (χ2v) is 5.98.